The predicted octanol–water partition coefficient (Wildman–Crippen LogP) is 3.07. The average Bonchev–Trinajstić information content (AvgIpc) is 2.78. The van der Waals surface area contributed by atoms with Gasteiger partial charge in [0, 0.05) is 39.3 Å². The van der Waals surface area contributed by atoms with E-state index in [1.54, 1.807) is 13.2 Å². The summed E-state index contributed by atoms with van der Waals surface area (Å²) >= 11 is 0. The quantitative estimate of drug-likeness (QED) is 0.682. The average molecular weight is 398 g/mol. The number of nitrogens with zero attached hydrogens (tertiary/aromatic N) is 5. The van der Waals surface area contributed by atoms with Gasteiger partial charge in [-0.25, -0.2) is 0 Å². The van der Waals surface area contributed by atoms with Crippen molar-refractivity contribution in [1.29, 1.82) is 0 Å². The standard InChI is InChI=1S/C22H31N5O2/c1-4-12-26(13-5-2)21-11-10-18(23-24-21)22(28)27-16-14-25(15-17-27)19-8-6-7-9-20(19)29-3/h6-11H,4-5,12-17H2,1-3H3. The van der Waals surface area contributed by atoms with Crippen LogP contribution in [0.5, 0.6) is 5.75 Å². The first-order valence-corrected chi connectivity index (χ1v) is 10.4. The van der Waals surface area contributed by atoms with Gasteiger partial charge in [0.05, 0.1) is 12.8 Å². The van der Waals surface area contributed by atoms with E-state index < -0.39 is 0 Å². The number of para-hydroxylation sites is 2. The van der Waals surface area contributed by atoms with Crippen molar-refractivity contribution in [1.82, 2.24) is 15.1 Å². The first kappa shape index (κ1) is 20.9. The number of benzene rings is 1. The highest BCUT2D eigenvalue weighted by Gasteiger charge is 2.24. The summed E-state index contributed by atoms with van der Waals surface area (Å²) in [5.74, 6) is 1.64. The highest BCUT2D eigenvalue weighted by atomic mass is 16.5. The molecule has 0 radical (unpaired) electrons. The number of methoxy groups -OCH3 is 1. The molecule has 1 aromatic carbocycles. The summed E-state index contributed by atoms with van der Waals surface area (Å²) in [6, 6.07) is 11.7. The van der Waals surface area contributed by atoms with Gasteiger partial charge in [0.2, 0.25) is 0 Å². The van der Waals surface area contributed by atoms with Gasteiger partial charge in [0.15, 0.2) is 11.5 Å². The number of ether oxygens (including phenoxy) is 1. The molecule has 7 heteroatoms. The first-order valence-electron chi connectivity index (χ1n) is 10.4. The van der Waals surface area contributed by atoms with Gasteiger partial charge in [-0.05, 0) is 37.1 Å². The number of hydrogen-bond donors (Lipinski definition) is 0. The first-order chi connectivity index (χ1) is 14.2. The van der Waals surface area contributed by atoms with E-state index in [0.717, 1.165) is 56.3 Å². The molecule has 0 atom stereocenters. The predicted molar refractivity (Wildman–Crippen MR) is 116 cm³/mol. The second-order valence-electron chi connectivity index (χ2n) is 7.21. The lowest BCUT2D eigenvalue weighted by Gasteiger charge is -2.36. The molecule has 0 aliphatic carbocycles. The molecule has 7 nitrogen and oxygen atoms in total. The molecule has 1 amide bonds. The fraction of sp³-hybridized carbons (Fsp3) is 0.500. The van der Waals surface area contributed by atoms with Crippen molar-refractivity contribution < 1.29 is 9.53 Å². The summed E-state index contributed by atoms with van der Waals surface area (Å²) in [6.45, 7) is 9.02. The van der Waals surface area contributed by atoms with Crippen molar-refractivity contribution in [3.63, 3.8) is 0 Å². The molecular formula is C22H31N5O2. The van der Waals surface area contributed by atoms with E-state index in [1.807, 2.05) is 29.2 Å². The summed E-state index contributed by atoms with van der Waals surface area (Å²) in [4.78, 5) is 19.2. The van der Waals surface area contributed by atoms with Crippen LogP contribution in [0.2, 0.25) is 0 Å². The number of hydrogen-bond acceptors (Lipinski definition) is 6. The van der Waals surface area contributed by atoms with Crippen molar-refractivity contribution in [2.24, 2.45) is 0 Å². The lowest BCUT2D eigenvalue weighted by atomic mass is 10.2. The minimum atomic E-state index is -0.0544. The molecule has 0 bridgehead atoms. The van der Waals surface area contributed by atoms with Crippen molar-refractivity contribution >= 4 is 17.4 Å². The monoisotopic (exact) mass is 397 g/mol. The molecule has 2 heterocycles. The lowest BCUT2D eigenvalue weighted by Crippen LogP contribution is -2.49. The molecule has 3 rings (SSSR count). The maximum Gasteiger partial charge on any atom is 0.274 e. The molecule has 29 heavy (non-hydrogen) atoms. The third-order valence-electron chi connectivity index (χ3n) is 5.17. The van der Waals surface area contributed by atoms with Gasteiger partial charge in [0.25, 0.3) is 5.91 Å². The van der Waals surface area contributed by atoms with E-state index in [-0.39, 0.29) is 5.91 Å². The molecule has 0 unspecified atom stereocenters. The van der Waals surface area contributed by atoms with Crippen LogP contribution < -0.4 is 14.5 Å². The number of anilines is 2. The fourth-order valence-electron chi connectivity index (χ4n) is 3.69. The minimum Gasteiger partial charge on any atom is -0.495 e. The molecule has 2 aromatic rings. The van der Waals surface area contributed by atoms with Crippen LogP contribution in [0.25, 0.3) is 0 Å². The molecule has 1 aliphatic heterocycles. The zero-order valence-corrected chi connectivity index (χ0v) is 17.7. The maximum atomic E-state index is 12.9. The summed E-state index contributed by atoms with van der Waals surface area (Å²) in [7, 11) is 1.68. The highest BCUT2D eigenvalue weighted by molar-refractivity contribution is 5.92. The van der Waals surface area contributed by atoms with E-state index in [1.165, 1.54) is 0 Å². The number of amides is 1. The second-order valence-corrected chi connectivity index (χ2v) is 7.21. The Bertz CT molecular complexity index is 782. The molecule has 0 spiro atoms. The van der Waals surface area contributed by atoms with Crippen LogP contribution in [0.1, 0.15) is 37.2 Å². The number of aromatic nitrogens is 2. The van der Waals surface area contributed by atoms with Crippen molar-refractivity contribution in [2.75, 3.05) is 56.2 Å². The Labute approximate surface area is 173 Å². The molecule has 1 aromatic heterocycles. The Balaban J connectivity index is 1.62. The zero-order chi connectivity index (χ0) is 20.6. The van der Waals surface area contributed by atoms with E-state index in [2.05, 4.69) is 39.9 Å². The van der Waals surface area contributed by atoms with Crippen LogP contribution in [0, 0.1) is 0 Å². The van der Waals surface area contributed by atoms with Gasteiger partial charge in [-0.3, -0.25) is 4.79 Å². The van der Waals surface area contributed by atoms with E-state index in [0.29, 0.717) is 18.8 Å². The van der Waals surface area contributed by atoms with Crippen LogP contribution in [0.3, 0.4) is 0 Å². The van der Waals surface area contributed by atoms with Gasteiger partial charge in [-0.15, -0.1) is 10.2 Å². The summed E-state index contributed by atoms with van der Waals surface area (Å²) in [6.07, 6.45) is 2.11. The maximum absolute atomic E-state index is 12.9. The highest BCUT2D eigenvalue weighted by Crippen LogP contribution is 2.28. The van der Waals surface area contributed by atoms with E-state index in [9.17, 15) is 4.79 Å². The van der Waals surface area contributed by atoms with Gasteiger partial charge in [0.1, 0.15) is 5.75 Å². The molecule has 1 aliphatic rings. The van der Waals surface area contributed by atoms with Crippen LogP contribution in [-0.4, -0.2) is 67.4 Å². The number of rotatable bonds is 8. The Morgan fingerprint density at radius 1 is 1.00 bits per heavy atom. The number of carbonyl (C=O) groups is 1. The lowest BCUT2D eigenvalue weighted by molar-refractivity contribution is 0.0739. The normalized spacial score (nSPS) is 14.0. The molecule has 156 valence electrons. The van der Waals surface area contributed by atoms with Crippen molar-refractivity contribution in [3.05, 3.63) is 42.1 Å². The Morgan fingerprint density at radius 3 is 2.28 bits per heavy atom. The van der Waals surface area contributed by atoms with E-state index >= 15 is 0 Å². The second kappa shape index (κ2) is 10.1. The Morgan fingerprint density at radius 2 is 1.69 bits per heavy atom. The van der Waals surface area contributed by atoms with Crippen molar-refractivity contribution in [3.8, 4) is 5.75 Å². The van der Waals surface area contributed by atoms with Gasteiger partial charge in [-0.2, -0.15) is 0 Å². The van der Waals surface area contributed by atoms with Crippen LogP contribution in [-0.2, 0) is 0 Å². The third-order valence-corrected chi connectivity index (χ3v) is 5.17. The largest absolute Gasteiger partial charge is 0.495 e. The summed E-state index contributed by atoms with van der Waals surface area (Å²) < 4.78 is 5.46. The number of piperazine rings is 1. The molecular weight excluding hydrogens is 366 g/mol. The summed E-state index contributed by atoms with van der Waals surface area (Å²) in [5.41, 5.74) is 1.48. The Hall–Kier alpha value is -2.83. The minimum absolute atomic E-state index is 0.0544. The van der Waals surface area contributed by atoms with Crippen LogP contribution >= 0.6 is 0 Å². The van der Waals surface area contributed by atoms with Crippen LogP contribution in [0.15, 0.2) is 36.4 Å². The fourth-order valence-corrected chi connectivity index (χ4v) is 3.69. The SMILES string of the molecule is CCCN(CCC)c1ccc(C(=O)N2CCN(c3ccccc3OC)CC2)nn1. The molecule has 1 saturated heterocycles. The smallest absolute Gasteiger partial charge is 0.274 e. The zero-order valence-electron chi connectivity index (χ0n) is 17.7. The summed E-state index contributed by atoms with van der Waals surface area (Å²) in [5, 5.41) is 8.55. The van der Waals surface area contributed by atoms with Crippen LogP contribution in [0.4, 0.5) is 11.5 Å². The van der Waals surface area contributed by atoms with Gasteiger partial charge in [-0.1, -0.05) is 26.0 Å². The van der Waals surface area contributed by atoms with Crippen molar-refractivity contribution in [2.45, 2.75) is 26.7 Å². The Kier molecular flexibility index (Phi) is 7.27. The topological polar surface area (TPSA) is 61.8 Å². The molecule has 0 saturated carbocycles. The van der Waals surface area contributed by atoms with Gasteiger partial charge >= 0.3 is 0 Å². The third kappa shape index (κ3) is 4.96. The number of carbonyl (C=O) groups excluding carboxylic acids is 1. The molecule has 0 N–H and O–H groups in total. The van der Waals surface area contributed by atoms with E-state index in [4.69, 9.17) is 4.74 Å². The molecule has 1 fully saturated rings. The van der Waals surface area contributed by atoms with Gasteiger partial charge < -0.3 is 19.4 Å².